The molecule has 7 heteroatoms. The molecule has 0 fully saturated rings. The molecule has 0 aromatic heterocycles. The van der Waals surface area contributed by atoms with Gasteiger partial charge in [-0.1, -0.05) is 84.0 Å². The summed E-state index contributed by atoms with van der Waals surface area (Å²) in [4.78, 5) is -0.658. The SMILES string of the molecule is CCCCCCCCCCCCCCCc1cc(O)c(S(=O)(=O)O)cc1O.[Na]. The second-order valence-corrected chi connectivity index (χ2v) is 8.81. The van der Waals surface area contributed by atoms with E-state index in [1.165, 1.54) is 70.3 Å². The zero-order valence-electron chi connectivity index (χ0n) is 17.6. The van der Waals surface area contributed by atoms with Gasteiger partial charge < -0.3 is 10.2 Å². The first-order valence-electron chi connectivity index (χ1n) is 10.4. The molecule has 1 aromatic rings. The van der Waals surface area contributed by atoms with Gasteiger partial charge in [0, 0.05) is 35.6 Å². The van der Waals surface area contributed by atoms with Crippen molar-refractivity contribution >= 4 is 39.7 Å². The van der Waals surface area contributed by atoms with Crippen molar-refractivity contribution in [3.8, 4) is 11.5 Å². The fourth-order valence-corrected chi connectivity index (χ4v) is 3.92. The molecule has 1 rings (SSSR count). The van der Waals surface area contributed by atoms with Gasteiger partial charge in [0.15, 0.2) is 0 Å². The Bertz CT molecular complexity index is 646. The molecule has 0 aliphatic carbocycles. The largest absolute Gasteiger partial charge is 0.508 e. The minimum absolute atomic E-state index is 0. The number of hydrogen-bond donors (Lipinski definition) is 3. The van der Waals surface area contributed by atoms with Crippen LogP contribution in [0.4, 0.5) is 0 Å². The zero-order valence-corrected chi connectivity index (χ0v) is 20.4. The first-order chi connectivity index (χ1) is 12.9. The molecule has 0 spiro atoms. The van der Waals surface area contributed by atoms with Gasteiger partial charge in [-0.25, -0.2) is 0 Å². The number of phenols is 2. The van der Waals surface area contributed by atoms with Crippen molar-refractivity contribution in [3.63, 3.8) is 0 Å². The van der Waals surface area contributed by atoms with Crippen molar-refractivity contribution < 1.29 is 23.2 Å². The van der Waals surface area contributed by atoms with Crippen LogP contribution in [0.15, 0.2) is 17.0 Å². The second-order valence-electron chi connectivity index (χ2n) is 7.42. The summed E-state index contributed by atoms with van der Waals surface area (Å²) in [5.74, 6) is -0.737. The topological polar surface area (TPSA) is 94.8 Å². The molecule has 0 aliphatic rings. The molecular formula is C21H36NaO5S. The average molecular weight is 424 g/mol. The first-order valence-corrected chi connectivity index (χ1v) is 11.8. The molecule has 0 heterocycles. The van der Waals surface area contributed by atoms with Crippen LogP contribution in [0.5, 0.6) is 11.5 Å². The molecule has 0 saturated carbocycles. The van der Waals surface area contributed by atoms with Crippen LogP contribution in [-0.4, -0.2) is 52.7 Å². The normalized spacial score (nSPS) is 11.4. The molecule has 3 N–H and O–H groups in total. The van der Waals surface area contributed by atoms with Crippen molar-refractivity contribution in [2.75, 3.05) is 0 Å². The minimum Gasteiger partial charge on any atom is -0.508 e. The van der Waals surface area contributed by atoms with Crippen molar-refractivity contribution in [2.45, 2.75) is 102 Å². The Labute approximate surface area is 193 Å². The maximum absolute atomic E-state index is 11.1. The van der Waals surface area contributed by atoms with Crippen LogP contribution in [0, 0.1) is 0 Å². The van der Waals surface area contributed by atoms with E-state index in [4.69, 9.17) is 4.55 Å². The molecule has 0 bridgehead atoms. The van der Waals surface area contributed by atoms with Gasteiger partial charge in [-0.15, -0.1) is 0 Å². The molecule has 0 aliphatic heterocycles. The van der Waals surface area contributed by atoms with E-state index in [9.17, 15) is 18.6 Å². The van der Waals surface area contributed by atoms with Crippen LogP contribution in [0.1, 0.15) is 96.0 Å². The van der Waals surface area contributed by atoms with Gasteiger partial charge in [-0.05, 0) is 24.5 Å². The van der Waals surface area contributed by atoms with E-state index in [2.05, 4.69) is 6.92 Å². The molecule has 1 aromatic carbocycles. The molecule has 1 radical (unpaired) electrons. The second kappa shape index (κ2) is 15.6. The molecule has 28 heavy (non-hydrogen) atoms. The summed E-state index contributed by atoms with van der Waals surface area (Å²) in [6.45, 7) is 2.24. The van der Waals surface area contributed by atoms with Gasteiger partial charge >= 0.3 is 0 Å². The number of aryl methyl sites for hydroxylation is 1. The van der Waals surface area contributed by atoms with Crippen molar-refractivity contribution in [2.24, 2.45) is 0 Å². The maximum Gasteiger partial charge on any atom is 0.298 e. The third-order valence-electron chi connectivity index (χ3n) is 4.99. The fraction of sp³-hybridized carbons (Fsp3) is 0.714. The third kappa shape index (κ3) is 11.7. The van der Waals surface area contributed by atoms with Gasteiger partial charge in [0.1, 0.15) is 16.4 Å². The fourth-order valence-electron chi connectivity index (χ4n) is 3.34. The maximum atomic E-state index is 11.1. The van der Waals surface area contributed by atoms with E-state index in [0.717, 1.165) is 25.3 Å². The molecule has 0 atom stereocenters. The van der Waals surface area contributed by atoms with Gasteiger partial charge in [-0.2, -0.15) is 8.42 Å². The van der Waals surface area contributed by atoms with Gasteiger partial charge in [0.05, 0.1) is 0 Å². The van der Waals surface area contributed by atoms with E-state index in [1.807, 2.05) is 0 Å². The number of aromatic hydroxyl groups is 2. The summed E-state index contributed by atoms with van der Waals surface area (Å²) in [6.07, 6.45) is 16.9. The number of hydrogen-bond acceptors (Lipinski definition) is 4. The molecule has 0 amide bonds. The Morgan fingerprint density at radius 2 is 1.14 bits per heavy atom. The van der Waals surface area contributed by atoms with Crippen molar-refractivity contribution in [1.29, 1.82) is 0 Å². The number of phenolic OH excluding ortho intramolecular Hbond substituents is 2. The first kappa shape index (κ1) is 27.7. The summed E-state index contributed by atoms with van der Waals surface area (Å²) in [5, 5.41) is 19.6. The smallest absolute Gasteiger partial charge is 0.298 e. The van der Waals surface area contributed by atoms with E-state index in [0.29, 0.717) is 12.0 Å². The summed E-state index contributed by atoms with van der Waals surface area (Å²) in [6, 6.07) is 2.13. The van der Waals surface area contributed by atoms with E-state index in [-0.39, 0.29) is 35.3 Å². The van der Waals surface area contributed by atoms with E-state index in [1.54, 1.807) is 0 Å². The summed E-state index contributed by atoms with van der Waals surface area (Å²) < 4.78 is 31.2. The standard InChI is InChI=1S/C21H36O5S.Na/c1-2-3-4-5-6-7-8-9-10-11-12-13-14-15-18-16-20(23)21(17-19(18)22)27(24,25)26;/h16-17,22-23H,2-15H2,1H3,(H,24,25,26);. The number of unbranched alkanes of at least 4 members (excludes halogenated alkanes) is 12. The van der Waals surface area contributed by atoms with E-state index >= 15 is 0 Å². The van der Waals surface area contributed by atoms with Crippen LogP contribution in [-0.2, 0) is 16.5 Å². The summed E-state index contributed by atoms with van der Waals surface area (Å²) in [7, 11) is -4.53. The Balaban J connectivity index is 0.00000729. The minimum atomic E-state index is -4.53. The Kier molecular flexibility index (Phi) is 15.4. The molecule has 0 saturated heterocycles. The third-order valence-corrected chi connectivity index (χ3v) is 5.87. The Morgan fingerprint density at radius 3 is 1.57 bits per heavy atom. The molecule has 0 unspecified atom stereocenters. The Hall–Kier alpha value is -0.270. The monoisotopic (exact) mass is 423 g/mol. The predicted molar refractivity (Wildman–Crippen MR) is 115 cm³/mol. The van der Waals surface area contributed by atoms with Crippen LogP contribution in [0.25, 0.3) is 0 Å². The van der Waals surface area contributed by atoms with Crippen LogP contribution in [0.3, 0.4) is 0 Å². The predicted octanol–water partition coefficient (Wildman–Crippen LogP) is 5.60. The Morgan fingerprint density at radius 1 is 0.714 bits per heavy atom. The molecule has 5 nitrogen and oxygen atoms in total. The zero-order chi connectivity index (χ0) is 20.1. The molecular weight excluding hydrogens is 387 g/mol. The van der Waals surface area contributed by atoms with Crippen LogP contribution in [0.2, 0.25) is 0 Å². The number of benzene rings is 1. The van der Waals surface area contributed by atoms with Gasteiger partial charge in [0.25, 0.3) is 10.1 Å². The average Bonchev–Trinajstić information content (AvgIpc) is 2.60. The van der Waals surface area contributed by atoms with Crippen LogP contribution < -0.4 is 0 Å². The summed E-state index contributed by atoms with van der Waals surface area (Å²) >= 11 is 0. The van der Waals surface area contributed by atoms with Crippen LogP contribution >= 0.6 is 0 Å². The van der Waals surface area contributed by atoms with Gasteiger partial charge in [-0.3, -0.25) is 4.55 Å². The van der Waals surface area contributed by atoms with Gasteiger partial charge in [0.2, 0.25) is 0 Å². The van der Waals surface area contributed by atoms with E-state index < -0.39 is 20.8 Å². The van der Waals surface area contributed by atoms with Crippen molar-refractivity contribution in [3.05, 3.63) is 17.7 Å². The summed E-state index contributed by atoms with van der Waals surface area (Å²) in [5.41, 5.74) is 0.503. The molecule has 157 valence electrons. The number of rotatable bonds is 15. The quantitative estimate of drug-likeness (QED) is 0.148. The van der Waals surface area contributed by atoms with Crippen molar-refractivity contribution in [1.82, 2.24) is 0 Å².